The van der Waals surface area contributed by atoms with Crippen molar-refractivity contribution in [3.05, 3.63) is 45.0 Å². The maximum atomic E-state index is 12.2. The molecule has 9 heteroatoms. The number of nitrogens with zero attached hydrogens (tertiary/aromatic N) is 3. The van der Waals surface area contributed by atoms with Crippen LogP contribution in [-0.2, 0) is 13.6 Å². The second-order valence-corrected chi connectivity index (χ2v) is 4.98. The van der Waals surface area contributed by atoms with Crippen molar-refractivity contribution >= 4 is 11.8 Å². The first-order valence-corrected chi connectivity index (χ1v) is 6.85. The highest BCUT2D eigenvalue weighted by Crippen LogP contribution is 2.06. The Kier molecular flexibility index (Phi) is 4.58. The van der Waals surface area contributed by atoms with Gasteiger partial charge in [-0.15, -0.1) is 0 Å². The van der Waals surface area contributed by atoms with Gasteiger partial charge in [0.05, 0.1) is 6.54 Å². The normalized spacial score (nSPS) is 10.4. The van der Waals surface area contributed by atoms with Crippen LogP contribution in [0.15, 0.2) is 15.4 Å². The summed E-state index contributed by atoms with van der Waals surface area (Å²) in [4.78, 5) is 39.6. The van der Waals surface area contributed by atoms with E-state index in [9.17, 15) is 14.4 Å². The van der Waals surface area contributed by atoms with Crippen molar-refractivity contribution in [2.45, 2.75) is 20.4 Å². The molecular formula is C14H17N5O4. The van der Waals surface area contributed by atoms with E-state index in [1.165, 1.54) is 11.6 Å². The standard InChI is InChI=1S/C14H17N5O4/c1-7-5-8(2)19(4)14(22)10(7)12(20)16-6-9-17-11(18-23-9)13(21)15-3/h5H,6H2,1-4H3,(H,15,21)(H,16,20). The van der Waals surface area contributed by atoms with Crippen molar-refractivity contribution in [2.75, 3.05) is 7.05 Å². The average molecular weight is 319 g/mol. The van der Waals surface area contributed by atoms with Gasteiger partial charge in [0.1, 0.15) is 5.56 Å². The third-order valence-electron chi connectivity index (χ3n) is 3.39. The van der Waals surface area contributed by atoms with E-state index < -0.39 is 11.8 Å². The van der Waals surface area contributed by atoms with Gasteiger partial charge in [-0.2, -0.15) is 4.98 Å². The number of aromatic nitrogens is 3. The van der Waals surface area contributed by atoms with E-state index in [1.54, 1.807) is 27.0 Å². The fourth-order valence-corrected chi connectivity index (χ4v) is 2.03. The molecule has 2 N–H and O–H groups in total. The van der Waals surface area contributed by atoms with Crippen molar-refractivity contribution in [1.29, 1.82) is 0 Å². The molecule has 9 nitrogen and oxygen atoms in total. The fraction of sp³-hybridized carbons (Fsp3) is 0.357. The summed E-state index contributed by atoms with van der Waals surface area (Å²) < 4.78 is 6.26. The molecule has 0 atom stereocenters. The minimum absolute atomic E-state index is 0.0594. The van der Waals surface area contributed by atoms with Crippen LogP contribution >= 0.6 is 0 Å². The molecule has 23 heavy (non-hydrogen) atoms. The Morgan fingerprint density at radius 1 is 1.30 bits per heavy atom. The summed E-state index contributed by atoms with van der Waals surface area (Å²) in [6, 6.07) is 1.76. The molecular weight excluding hydrogens is 302 g/mol. The van der Waals surface area contributed by atoms with E-state index in [0.29, 0.717) is 5.56 Å². The Labute approximate surface area is 131 Å². The van der Waals surface area contributed by atoms with Crippen molar-refractivity contribution in [1.82, 2.24) is 25.3 Å². The number of aryl methyl sites for hydroxylation is 2. The van der Waals surface area contributed by atoms with E-state index >= 15 is 0 Å². The molecule has 2 amide bonds. The SMILES string of the molecule is CNC(=O)c1noc(CNC(=O)c2c(C)cc(C)n(C)c2=O)n1. The van der Waals surface area contributed by atoms with Crippen LogP contribution in [0.25, 0.3) is 0 Å². The Morgan fingerprint density at radius 2 is 2.00 bits per heavy atom. The predicted octanol–water partition coefficient (Wildman–Crippen LogP) is -0.325. The van der Waals surface area contributed by atoms with Crippen LogP contribution in [-0.4, -0.2) is 33.6 Å². The van der Waals surface area contributed by atoms with Gasteiger partial charge in [0, 0.05) is 19.8 Å². The van der Waals surface area contributed by atoms with Crippen molar-refractivity contribution in [3.8, 4) is 0 Å². The molecule has 122 valence electrons. The zero-order chi connectivity index (χ0) is 17.1. The Morgan fingerprint density at radius 3 is 2.65 bits per heavy atom. The van der Waals surface area contributed by atoms with Gasteiger partial charge in [-0.3, -0.25) is 14.4 Å². The summed E-state index contributed by atoms with van der Waals surface area (Å²) in [5, 5.41) is 8.37. The number of nitrogens with one attached hydrogen (secondary N) is 2. The number of hydrogen-bond acceptors (Lipinski definition) is 6. The maximum absolute atomic E-state index is 12.2. The monoisotopic (exact) mass is 319 g/mol. The molecule has 0 unspecified atom stereocenters. The first-order chi connectivity index (χ1) is 10.8. The van der Waals surface area contributed by atoms with Gasteiger partial charge in [0.25, 0.3) is 23.2 Å². The van der Waals surface area contributed by atoms with Gasteiger partial charge in [-0.25, -0.2) is 0 Å². The number of carbonyl (C=O) groups is 2. The van der Waals surface area contributed by atoms with E-state index in [1.807, 2.05) is 0 Å². The summed E-state index contributed by atoms with van der Waals surface area (Å²) in [6.45, 7) is 3.40. The van der Waals surface area contributed by atoms with Gasteiger partial charge in [0.15, 0.2) is 0 Å². The molecule has 0 saturated heterocycles. The lowest BCUT2D eigenvalue weighted by Gasteiger charge is -2.10. The largest absolute Gasteiger partial charge is 0.352 e. The van der Waals surface area contributed by atoms with Crippen molar-refractivity contribution in [2.24, 2.45) is 7.05 Å². The lowest BCUT2D eigenvalue weighted by molar-refractivity contribution is 0.0937. The molecule has 2 aromatic rings. The Balaban J connectivity index is 2.15. The molecule has 0 aromatic carbocycles. The topological polar surface area (TPSA) is 119 Å². The number of hydrogen-bond donors (Lipinski definition) is 2. The third-order valence-corrected chi connectivity index (χ3v) is 3.39. The van der Waals surface area contributed by atoms with Crippen LogP contribution < -0.4 is 16.2 Å². The first kappa shape index (κ1) is 16.4. The van der Waals surface area contributed by atoms with Crippen LogP contribution in [0, 0.1) is 13.8 Å². The summed E-state index contributed by atoms with van der Waals surface area (Å²) in [7, 11) is 3.04. The van der Waals surface area contributed by atoms with Gasteiger partial charge >= 0.3 is 0 Å². The second kappa shape index (κ2) is 6.42. The van der Waals surface area contributed by atoms with Crippen LogP contribution in [0.4, 0.5) is 0 Å². The summed E-state index contributed by atoms with van der Waals surface area (Å²) in [5.74, 6) is -1.09. The molecule has 0 spiro atoms. The molecule has 0 aliphatic heterocycles. The van der Waals surface area contributed by atoms with E-state index in [2.05, 4.69) is 20.8 Å². The molecule has 2 rings (SSSR count). The third kappa shape index (κ3) is 3.28. The quantitative estimate of drug-likeness (QED) is 0.797. The predicted molar refractivity (Wildman–Crippen MR) is 80.0 cm³/mol. The average Bonchev–Trinajstić information content (AvgIpc) is 2.99. The zero-order valence-corrected chi connectivity index (χ0v) is 13.3. The van der Waals surface area contributed by atoms with Crippen LogP contribution in [0.2, 0.25) is 0 Å². The van der Waals surface area contributed by atoms with Gasteiger partial charge in [-0.1, -0.05) is 5.16 Å². The minimum atomic E-state index is -0.539. The van der Waals surface area contributed by atoms with Crippen molar-refractivity contribution in [3.63, 3.8) is 0 Å². The van der Waals surface area contributed by atoms with E-state index in [0.717, 1.165) is 5.69 Å². The molecule has 2 aromatic heterocycles. The smallest absolute Gasteiger partial charge is 0.292 e. The second-order valence-electron chi connectivity index (χ2n) is 4.98. The minimum Gasteiger partial charge on any atom is -0.352 e. The highest BCUT2D eigenvalue weighted by atomic mass is 16.5. The summed E-state index contributed by atoms with van der Waals surface area (Å²) >= 11 is 0. The van der Waals surface area contributed by atoms with Crippen LogP contribution in [0.5, 0.6) is 0 Å². The lowest BCUT2D eigenvalue weighted by Crippen LogP contribution is -2.33. The summed E-state index contributed by atoms with van der Waals surface area (Å²) in [6.07, 6.45) is 0. The number of amides is 2. The van der Waals surface area contributed by atoms with Gasteiger partial charge in [0.2, 0.25) is 5.89 Å². The Hall–Kier alpha value is -2.97. The maximum Gasteiger partial charge on any atom is 0.292 e. The molecule has 0 aliphatic rings. The van der Waals surface area contributed by atoms with Gasteiger partial charge in [-0.05, 0) is 25.5 Å². The van der Waals surface area contributed by atoms with Gasteiger partial charge < -0.3 is 19.7 Å². The number of carbonyl (C=O) groups excluding carboxylic acids is 2. The molecule has 0 aliphatic carbocycles. The number of pyridine rings is 1. The molecule has 0 radical (unpaired) electrons. The van der Waals surface area contributed by atoms with Crippen LogP contribution in [0.3, 0.4) is 0 Å². The Bertz CT molecular complexity index is 821. The zero-order valence-electron chi connectivity index (χ0n) is 13.3. The fourth-order valence-electron chi connectivity index (χ4n) is 2.03. The summed E-state index contributed by atoms with van der Waals surface area (Å²) in [5.41, 5.74) is 1.02. The van der Waals surface area contributed by atoms with E-state index in [4.69, 9.17) is 4.52 Å². The van der Waals surface area contributed by atoms with E-state index in [-0.39, 0.29) is 29.4 Å². The van der Waals surface area contributed by atoms with Crippen LogP contribution in [0.1, 0.15) is 38.1 Å². The molecule has 2 heterocycles. The number of rotatable bonds is 4. The van der Waals surface area contributed by atoms with Crippen molar-refractivity contribution < 1.29 is 14.1 Å². The first-order valence-electron chi connectivity index (χ1n) is 6.85. The highest BCUT2D eigenvalue weighted by Gasteiger charge is 2.18. The highest BCUT2D eigenvalue weighted by molar-refractivity contribution is 5.95. The molecule has 0 fully saturated rings. The molecule has 0 saturated carbocycles. The lowest BCUT2D eigenvalue weighted by atomic mass is 10.1. The molecule has 0 bridgehead atoms.